The van der Waals surface area contributed by atoms with Crippen LogP contribution in [0.5, 0.6) is 0 Å². The highest BCUT2D eigenvalue weighted by Crippen LogP contribution is 2.51. The highest BCUT2D eigenvalue weighted by Gasteiger charge is 2.53. The average Bonchev–Trinajstić information content (AvgIpc) is 3.60. The highest BCUT2D eigenvalue weighted by molar-refractivity contribution is 7.92. The molecular formula is C43H57F3N6O5S. The fourth-order valence-corrected chi connectivity index (χ4v) is 12.3. The quantitative estimate of drug-likeness (QED) is 0.273. The van der Waals surface area contributed by atoms with Crippen molar-refractivity contribution in [1.29, 1.82) is 0 Å². The Hall–Kier alpha value is -3.66. The third-order valence-corrected chi connectivity index (χ3v) is 16.0. The third kappa shape index (κ3) is 8.51. The van der Waals surface area contributed by atoms with Crippen molar-refractivity contribution in [2.45, 2.75) is 66.0 Å². The molecule has 0 spiro atoms. The number of likely N-dealkylation sites (tertiary alicyclic amines) is 4. The molecule has 2 amide bonds. The van der Waals surface area contributed by atoms with Crippen LogP contribution >= 0.6 is 0 Å². The number of anilines is 1. The molecule has 1 N–H and O–H groups in total. The number of halogens is 3. The van der Waals surface area contributed by atoms with E-state index in [4.69, 9.17) is 4.74 Å². The zero-order valence-electron chi connectivity index (χ0n) is 33.4. The molecule has 5 saturated heterocycles. The predicted octanol–water partition coefficient (Wildman–Crippen LogP) is 4.63. The number of benzene rings is 2. The van der Waals surface area contributed by atoms with Crippen molar-refractivity contribution in [2.75, 3.05) is 97.1 Å². The van der Waals surface area contributed by atoms with Crippen LogP contribution in [0.2, 0.25) is 0 Å². The number of carbonyl (C=O) groups is 2. The number of alkyl carbamates (subject to hydrolysis) is 1. The van der Waals surface area contributed by atoms with Gasteiger partial charge in [-0.25, -0.2) is 26.4 Å². The Morgan fingerprint density at radius 3 is 2.28 bits per heavy atom. The normalized spacial score (nSPS) is 26.1. The predicted molar refractivity (Wildman–Crippen MR) is 215 cm³/mol. The maximum absolute atomic E-state index is 15.0. The molecule has 6 aliphatic rings. The van der Waals surface area contributed by atoms with E-state index in [0.717, 1.165) is 95.7 Å². The summed E-state index contributed by atoms with van der Waals surface area (Å²) < 4.78 is 72.7. The van der Waals surface area contributed by atoms with Gasteiger partial charge in [-0.2, -0.15) is 0 Å². The zero-order valence-corrected chi connectivity index (χ0v) is 34.2. The van der Waals surface area contributed by atoms with E-state index in [2.05, 4.69) is 26.1 Å². The first-order valence-corrected chi connectivity index (χ1v) is 22.6. The number of nitrogens with one attached hydrogen (secondary N) is 1. The molecule has 3 unspecified atom stereocenters. The molecule has 0 bridgehead atoms. The summed E-state index contributed by atoms with van der Waals surface area (Å²) in [6.07, 6.45) is 8.56. The minimum Gasteiger partial charge on any atom is -0.453 e. The van der Waals surface area contributed by atoms with Crippen molar-refractivity contribution < 1.29 is 35.9 Å². The van der Waals surface area contributed by atoms with Crippen LogP contribution in [-0.4, -0.2) is 149 Å². The van der Waals surface area contributed by atoms with Gasteiger partial charge in [0.05, 0.1) is 25.1 Å². The molecule has 3 atom stereocenters. The second kappa shape index (κ2) is 16.8. The number of hydrogen-bond acceptors (Lipinski definition) is 9. The lowest BCUT2D eigenvalue weighted by atomic mass is 9.57. The van der Waals surface area contributed by atoms with E-state index >= 15 is 4.39 Å². The first-order chi connectivity index (χ1) is 27.8. The summed E-state index contributed by atoms with van der Waals surface area (Å²) in [6.45, 7) is 7.53. The van der Waals surface area contributed by atoms with Crippen LogP contribution in [0.4, 0.5) is 23.7 Å². The summed E-state index contributed by atoms with van der Waals surface area (Å²) in [4.78, 5) is 35.6. The Kier molecular flexibility index (Phi) is 11.9. The number of carbonyl (C=O) groups excluding carboxylic acids is 2. The molecule has 2 aromatic rings. The molecule has 11 nitrogen and oxygen atoms in total. The van der Waals surface area contributed by atoms with Gasteiger partial charge in [0, 0.05) is 75.0 Å². The van der Waals surface area contributed by atoms with Gasteiger partial charge in [-0.15, -0.1) is 0 Å². The molecule has 5 heterocycles. The number of sulfone groups is 1. The van der Waals surface area contributed by atoms with Crippen LogP contribution in [0.25, 0.3) is 0 Å². The molecule has 15 heteroatoms. The molecule has 2 aromatic carbocycles. The Bertz CT molecular complexity index is 1920. The summed E-state index contributed by atoms with van der Waals surface area (Å²) in [5.41, 5.74) is 1.75. The van der Waals surface area contributed by atoms with E-state index in [1.807, 2.05) is 18.2 Å². The molecule has 8 rings (SSSR count). The van der Waals surface area contributed by atoms with Crippen molar-refractivity contribution in [1.82, 2.24) is 24.9 Å². The van der Waals surface area contributed by atoms with Crippen molar-refractivity contribution in [3.63, 3.8) is 0 Å². The fourth-order valence-electron chi connectivity index (χ4n) is 10.6. The van der Waals surface area contributed by atoms with Gasteiger partial charge in [-0.3, -0.25) is 9.69 Å². The minimum atomic E-state index is -3.61. The van der Waals surface area contributed by atoms with Crippen LogP contribution in [0.15, 0.2) is 65.6 Å². The number of alkyl halides is 2. The summed E-state index contributed by atoms with van der Waals surface area (Å²) in [5, 5.41) is 2.50. The minimum absolute atomic E-state index is 0.0258. The topological polar surface area (TPSA) is 106 Å². The number of rotatable bonds is 14. The first kappa shape index (κ1) is 41.1. The van der Waals surface area contributed by atoms with E-state index in [1.54, 1.807) is 29.2 Å². The van der Waals surface area contributed by atoms with Gasteiger partial charge >= 0.3 is 6.09 Å². The van der Waals surface area contributed by atoms with E-state index in [9.17, 15) is 26.8 Å². The molecule has 1 aliphatic carbocycles. The van der Waals surface area contributed by atoms with Gasteiger partial charge in [0.2, 0.25) is 5.91 Å². The number of nitrogens with zero attached hydrogens (tertiary/aromatic N) is 5. The standard InChI is InChI=1S/C43H57F3N6O5S/c1-57-41(54)47-39-9-3-8-38(39)43(30-49-18-5-19-49,33-6-2-7-34(44)22-33)32-15-20-48(21-16-32)23-31-24-51(25-31)35-11-13-36(14-12-35)58(55,56)37-26-52(27-37)40(53)10-4-17-50-28-42(45,46)29-50/h2,4,6-7,10-14,22,31-32,37-39H,3,5,8-9,15-21,23-30H2,1H3,(H,47,54). The number of ether oxygens (including phenoxy) is 1. The molecule has 0 radical (unpaired) electrons. The second-order valence-corrected chi connectivity index (χ2v) is 19.9. The van der Waals surface area contributed by atoms with Gasteiger partial charge in [0.25, 0.3) is 5.92 Å². The Morgan fingerprint density at radius 2 is 1.64 bits per heavy atom. The van der Waals surface area contributed by atoms with E-state index < -0.39 is 27.1 Å². The van der Waals surface area contributed by atoms with Gasteiger partial charge in [-0.1, -0.05) is 24.6 Å². The van der Waals surface area contributed by atoms with Crippen LogP contribution in [0.1, 0.15) is 44.1 Å². The lowest BCUT2D eigenvalue weighted by Crippen LogP contribution is -2.60. The van der Waals surface area contributed by atoms with Crippen LogP contribution in [-0.2, 0) is 24.8 Å². The number of hydrogen-bond donors (Lipinski definition) is 1. The summed E-state index contributed by atoms with van der Waals surface area (Å²) >= 11 is 0. The monoisotopic (exact) mass is 826 g/mol. The van der Waals surface area contributed by atoms with E-state index in [1.165, 1.54) is 30.6 Å². The maximum Gasteiger partial charge on any atom is 0.407 e. The lowest BCUT2D eigenvalue weighted by Gasteiger charge is -2.54. The average molecular weight is 827 g/mol. The van der Waals surface area contributed by atoms with Gasteiger partial charge < -0.3 is 29.7 Å². The number of methoxy groups -OCH3 is 1. The summed E-state index contributed by atoms with van der Waals surface area (Å²) in [6, 6.07) is 14.3. The van der Waals surface area contributed by atoms with Crippen LogP contribution in [0.3, 0.4) is 0 Å². The first-order valence-electron chi connectivity index (χ1n) is 21.0. The highest BCUT2D eigenvalue weighted by atomic mass is 32.2. The van der Waals surface area contributed by atoms with E-state index in [0.29, 0.717) is 11.8 Å². The molecule has 58 heavy (non-hydrogen) atoms. The second-order valence-electron chi connectivity index (χ2n) is 17.6. The van der Waals surface area contributed by atoms with Gasteiger partial charge in [0.15, 0.2) is 9.84 Å². The van der Waals surface area contributed by atoms with Crippen molar-refractivity contribution in [2.24, 2.45) is 17.8 Å². The zero-order chi connectivity index (χ0) is 40.7. The van der Waals surface area contributed by atoms with Crippen molar-refractivity contribution in [3.8, 4) is 0 Å². The van der Waals surface area contributed by atoms with Gasteiger partial charge in [0.1, 0.15) is 11.1 Å². The molecule has 5 aliphatic heterocycles. The Balaban J connectivity index is 0.837. The third-order valence-electron chi connectivity index (χ3n) is 13.9. The number of piperidine rings is 1. The number of amides is 2. The SMILES string of the molecule is COC(=O)NC1CCCC1C(CN1CCC1)(c1cccc(F)c1)C1CCN(CC2CN(c3ccc(S(=O)(=O)C4CN(C(=O)C=CCN5CC(F)(F)C5)C4)cc3)C2)CC1. The summed E-state index contributed by atoms with van der Waals surface area (Å²) in [5.74, 6) is -2.17. The molecule has 0 aromatic heterocycles. The van der Waals surface area contributed by atoms with Gasteiger partial charge in [-0.05, 0) is 112 Å². The molecule has 6 fully saturated rings. The maximum atomic E-state index is 15.0. The summed E-state index contributed by atoms with van der Waals surface area (Å²) in [7, 11) is -2.20. The fraction of sp³-hybridized carbons (Fsp3) is 0.628. The lowest BCUT2D eigenvalue weighted by molar-refractivity contribution is -0.129. The van der Waals surface area contributed by atoms with E-state index in [-0.39, 0.29) is 66.7 Å². The molecule has 1 saturated carbocycles. The molecule has 316 valence electrons. The van der Waals surface area contributed by atoms with Crippen LogP contribution < -0.4 is 10.2 Å². The van der Waals surface area contributed by atoms with Crippen molar-refractivity contribution >= 4 is 27.5 Å². The smallest absolute Gasteiger partial charge is 0.407 e. The Morgan fingerprint density at radius 1 is 0.914 bits per heavy atom. The van der Waals surface area contributed by atoms with Crippen LogP contribution in [0, 0.1) is 23.6 Å². The largest absolute Gasteiger partial charge is 0.453 e. The van der Waals surface area contributed by atoms with Crippen molar-refractivity contribution in [3.05, 3.63) is 72.1 Å². The molecular weight excluding hydrogens is 770 g/mol. The Labute approximate surface area is 340 Å².